The molecule has 0 aromatic carbocycles. The van der Waals surface area contributed by atoms with E-state index in [4.69, 9.17) is 0 Å². The quantitative estimate of drug-likeness (QED) is 0.791. The Morgan fingerprint density at radius 3 is 2.47 bits per heavy atom. The third kappa shape index (κ3) is 5.39. The minimum atomic E-state index is -0.215. The normalized spacial score (nSPS) is 26.8. The van der Waals surface area contributed by atoms with Crippen molar-refractivity contribution in [3.63, 3.8) is 0 Å². The van der Waals surface area contributed by atoms with Gasteiger partial charge in [-0.2, -0.15) is 0 Å². The fourth-order valence-corrected chi connectivity index (χ4v) is 2.93. The first kappa shape index (κ1) is 15.0. The smallest absolute Gasteiger partial charge is 0.0669 e. The molecule has 0 spiro atoms. The molecule has 0 radical (unpaired) electrons. The zero-order valence-corrected chi connectivity index (χ0v) is 12.3. The Kier molecular flexibility index (Phi) is 5.03. The Morgan fingerprint density at radius 2 is 1.94 bits per heavy atom. The fraction of sp³-hybridized carbons (Fsp3) is 1.00. The number of aliphatic hydroxyl groups excluding tert-OH is 1. The molecule has 0 amide bonds. The Balaban J connectivity index is 2.34. The van der Waals surface area contributed by atoms with Crippen LogP contribution in [0.15, 0.2) is 0 Å². The van der Waals surface area contributed by atoms with E-state index in [-0.39, 0.29) is 11.5 Å². The van der Waals surface area contributed by atoms with E-state index in [1.807, 2.05) is 0 Å². The molecule has 2 heteroatoms. The standard InChI is InChI=1S/C15H31NO/c1-14(2,3)10-12(17)11-16-13-8-6-7-9-15(13,4)5/h12-13,16-17H,6-11H2,1-5H3. The van der Waals surface area contributed by atoms with E-state index in [0.717, 1.165) is 13.0 Å². The molecule has 2 unspecified atom stereocenters. The van der Waals surface area contributed by atoms with Gasteiger partial charge in [-0.3, -0.25) is 0 Å². The Bertz CT molecular complexity index is 230. The predicted octanol–water partition coefficient (Wildman–Crippen LogP) is 3.34. The molecule has 0 saturated heterocycles. The van der Waals surface area contributed by atoms with E-state index < -0.39 is 0 Å². The third-order valence-electron chi connectivity index (χ3n) is 3.96. The second-order valence-electron chi connectivity index (χ2n) is 7.61. The Morgan fingerprint density at radius 1 is 1.29 bits per heavy atom. The summed E-state index contributed by atoms with van der Waals surface area (Å²) in [5, 5.41) is 13.6. The van der Waals surface area contributed by atoms with Gasteiger partial charge in [-0.1, -0.05) is 47.5 Å². The number of nitrogens with one attached hydrogen (secondary N) is 1. The van der Waals surface area contributed by atoms with Crippen LogP contribution in [-0.4, -0.2) is 23.8 Å². The maximum Gasteiger partial charge on any atom is 0.0669 e. The van der Waals surface area contributed by atoms with Crippen molar-refractivity contribution in [2.75, 3.05) is 6.54 Å². The van der Waals surface area contributed by atoms with Crippen molar-refractivity contribution >= 4 is 0 Å². The van der Waals surface area contributed by atoms with Gasteiger partial charge in [0.2, 0.25) is 0 Å². The summed E-state index contributed by atoms with van der Waals surface area (Å²) < 4.78 is 0. The van der Waals surface area contributed by atoms with Crippen LogP contribution in [0.4, 0.5) is 0 Å². The highest BCUT2D eigenvalue weighted by Gasteiger charge is 2.32. The van der Waals surface area contributed by atoms with Gasteiger partial charge in [0, 0.05) is 12.6 Å². The summed E-state index contributed by atoms with van der Waals surface area (Å²) in [5.74, 6) is 0. The lowest BCUT2D eigenvalue weighted by atomic mass is 9.73. The first-order valence-corrected chi connectivity index (χ1v) is 7.12. The molecule has 0 aromatic heterocycles. The van der Waals surface area contributed by atoms with Crippen LogP contribution in [0.5, 0.6) is 0 Å². The molecule has 17 heavy (non-hydrogen) atoms. The molecule has 2 nitrogen and oxygen atoms in total. The van der Waals surface area contributed by atoms with Gasteiger partial charge in [-0.05, 0) is 30.1 Å². The molecule has 2 atom stereocenters. The van der Waals surface area contributed by atoms with Gasteiger partial charge in [0.15, 0.2) is 0 Å². The van der Waals surface area contributed by atoms with Crippen LogP contribution < -0.4 is 5.32 Å². The van der Waals surface area contributed by atoms with E-state index >= 15 is 0 Å². The van der Waals surface area contributed by atoms with Gasteiger partial charge in [-0.15, -0.1) is 0 Å². The summed E-state index contributed by atoms with van der Waals surface area (Å²) in [6, 6.07) is 0.575. The van der Waals surface area contributed by atoms with Gasteiger partial charge in [0.25, 0.3) is 0 Å². The van der Waals surface area contributed by atoms with Gasteiger partial charge < -0.3 is 10.4 Å². The second-order valence-corrected chi connectivity index (χ2v) is 7.61. The van der Waals surface area contributed by atoms with E-state index in [1.54, 1.807) is 0 Å². The summed E-state index contributed by atoms with van der Waals surface area (Å²) in [4.78, 5) is 0. The molecule has 1 fully saturated rings. The van der Waals surface area contributed by atoms with Crippen LogP contribution in [0.2, 0.25) is 0 Å². The Labute approximate surface area is 107 Å². The zero-order valence-electron chi connectivity index (χ0n) is 12.3. The topological polar surface area (TPSA) is 32.3 Å². The maximum absolute atomic E-state index is 10.0. The molecule has 1 rings (SSSR count). The second kappa shape index (κ2) is 5.71. The highest BCUT2D eigenvalue weighted by atomic mass is 16.3. The van der Waals surface area contributed by atoms with Crippen molar-refractivity contribution in [2.45, 2.75) is 78.9 Å². The van der Waals surface area contributed by atoms with Crippen molar-refractivity contribution in [2.24, 2.45) is 10.8 Å². The molecule has 0 bridgehead atoms. The molecule has 1 aliphatic carbocycles. The summed E-state index contributed by atoms with van der Waals surface area (Å²) >= 11 is 0. The average Bonchev–Trinajstić information content (AvgIpc) is 2.12. The molecular weight excluding hydrogens is 210 g/mol. The molecular formula is C15H31NO. The zero-order chi connectivity index (χ0) is 13.1. The minimum Gasteiger partial charge on any atom is -0.392 e. The maximum atomic E-state index is 10.0. The van der Waals surface area contributed by atoms with Gasteiger partial charge >= 0.3 is 0 Å². The molecule has 102 valence electrons. The van der Waals surface area contributed by atoms with Crippen molar-refractivity contribution in [1.82, 2.24) is 5.32 Å². The summed E-state index contributed by atoms with van der Waals surface area (Å²) in [5.41, 5.74) is 0.600. The van der Waals surface area contributed by atoms with Crippen LogP contribution in [-0.2, 0) is 0 Å². The lowest BCUT2D eigenvalue weighted by Crippen LogP contribution is -2.47. The fourth-order valence-electron chi connectivity index (χ4n) is 2.93. The summed E-state index contributed by atoms with van der Waals surface area (Å²) in [6.07, 6.45) is 5.90. The van der Waals surface area contributed by atoms with Crippen LogP contribution in [0.25, 0.3) is 0 Å². The average molecular weight is 241 g/mol. The lowest BCUT2D eigenvalue weighted by molar-refractivity contribution is 0.0969. The van der Waals surface area contributed by atoms with E-state index in [1.165, 1.54) is 25.7 Å². The number of hydrogen-bond donors (Lipinski definition) is 2. The predicted molar refractivity (Wildman–Crippen MR) is 74.1 cm³/mol. The van der Waals surface area contributed by atoms with Gasteiger partial charge in [0.05, 0.1) is 6.10 Å². The monoisotopic (exact) mass is 241 g/mol. The molecule has 1 aliphatic rings. The largest absolute Gasteiger partial charge is 0.392 e. The number of rotatable bonds is 4. The summed E-state index contributed by atoms with van der Waals surface area (Å²) in [7, 11) is 0. The van der Waals surface area contributed by atoms with Crippen LogP contribution in [0.1, 0.15) is 66.7 Å². The SMILES string of the molecule is CC(C)(C)CC(O)CNC1CCCCC1(C)C. The molecule has 0 aliphatic heterocycles. The van der Waals surface area contributed by atoms with Crippen molar-refractivity contribution in [3.05, 3.63) is 0 Å². The van der Waals surface area contributed by atoms with E-state index in [9.17, 15) is 5.11 Å². The Hall–Kier alpha value is -0.0800. The number of aliphatic hydroxyl groups is 1. The van der Waals surface area contributed by atoms with Crippen LogP contribution >= 0.6 is 0 Å². The van der Waals surface area contributed by atoms with E-state index in [0.29, 0.717) is 11.5 Å². The first-order valence-electron chi connectivity index (χ1n) is 7.12. The first-order chi connectivity index (χ1) is 7.71. The summed E-state index contributed by atoms with van der Waals surface area (Å²) in [6.45, 7) is 12.0. The van der Waals surface area contributed by atoms with Gasteiger partial charge in [-0.25, -0.2) is 0 Å². The molecule has 0 aromatic rings. The van der Waals surface area contributed by atoms with Crippen molar-refractivity contribution in [1.29, 1.82) is 0 Å². The molecule has 2 N–H and O–H groups in total. The van der Waals surface area contributed by atoms with Crippen LogP contribution in [0.3, 0.4) is 0 Å². The minimum absolute atomic E-state index is 0.211. The van der Waals surface area contributed by atoms with Crippen molar-refractivity contribution < 1.29 is 5.11 Å². The third-order valence-corrected chi connectivity index (χ3v) is 3.96. The van der Waals surface area contributed by atoms with E-state index in [2.05, 4.69) is 39.9 Å². The highest BCUT2D eigenvalue weighted by molar-refractivity contribution is 4.88. The van der Waals surface area contributed by atoms with Gasteiger partial charge in [0.1, 0.15) is 0 Å². The molecule has 0 heterocycles. The van der Waals surface area contributed by atoms with Crippen LogP contribution in [0, 0.1) is 10.8 Å². The highest BCUT2D eigenvalue weighted by Crippen LogP contribution is 2.35. The number of hydrogen-bond acceptors (Lipinski definition) is 2. The lowest BCUT2D eigenvalue weighted by Gasteiger charge is -2.40. The van der Waals surface area contributed by atoms with Crippen molar-refractivity contribution in [3.8, 4) is 0 Å². The molecule has 1 saturated carbocycles.